The van der Waals surface area contributed by atoms with Gasteiger partial charge in [0.1, 0.15) is 6.17 Å². The smallest absolute Gasteiger partial charge is 0.181 e. The summed E-state index contributed by atoms with van der Waals surface area (Å²) < 4.78 is 0. The van der Waals surface area contributed by atoms with E-state index in [4.69, 9.17) is 5.10 Å². The van der Waals surface area contributed by atoms with Crippen LogP contribution in [0.25, 0.3) is 0 Å². The van der Waals surface area contributed by atoms with Crippen LogP contribution in [0.5, 0.6) is 0 Å². The van der Waals surface area contributed by atoms with Crippen LogP contribution < -0.4 is 9.80 Å². The summed E-state index contributed by atoms with van der Waals surface area (Å²) in [6.07, 6.45) is 1.88. The van der Waals surface area contributed by atoms with Gasteiger partial charge in [-0.15, -0.1) is 5.10 Å². The quantitative estimate of drug-likeness (QED) is 0.338. The SMILES string of the molecule is CC(C)c1cccc(C(C)C)c1N1c2ccnnc2N(c2c(C(C)C)cccc2C(C)C)C1C(C)(C)C. The number of anilines is 4. The van der Waals surface area contributed by atoms with E-state index < -0.39 is 0 Å². The van der Waals surface area contributed by atoms with Crippen molar-refractivity contribution in [3.63, 3.8) is 0 Å². The molecule has 0 bridgehead atoms. The van der Waals surface area contributed by atoms with Gasteiger partial charge >= 0.3 is 0 Å². The van der Waals surface area contributed by atoms with E-state index >= 15 is 0 Å². The summed E-state index contributed by atoms with van der Waals surface area (Å²) in [6, 6.07) is 15.8. The first-order valence-electron chi connectivity index (χ1n) is 14.0. The van der Waals surface area contributed by atoms with Gasteiger partial charge in [-0.05, 0) is 52.0 Å². The van der Waals surface area contributed by atoms with Crippen molar-refractivity contribution in [3.05, 3.63) is 70.9 Å². The Labute approximate surface area is 225 Å². The van der Waals surface area contributed by atoms with Gasteiger partial charge in [-0.3, -0.25) is 0 Å². The van der Waals surface area contributed by atoms with Gasteiger partial charge in [0, 0.05) is 5.41 Å². The minimum absolute atomic E-state index is 0.0361. The number of aromatic nitrogens is 2. The van der Waals surface area contributed by atoms with Crippen molar-refractivity contribution in [3.8, 4) is 0 Å². The van der Waals surface area contributed by atoms with Crippen LogP contribution in [0, 0.1) is 5.41 Å². The zero-order valence-corrected chi connectivity index (χ0v) is 24.8. The van der Waals surface area contributed by atoms with E-state index in [0.29, 0.717) is 23.7 Å². The highest BCUT2D eigenvalue weighted by atomic mass is 15.5. The molecule has 1 aliphatic rings. The summed E-state index contributed by atoms with van der Waals surface area (Å²) in [5, 5.41) is 9.26. The third kappa shape index (κ3) is 4.76. The Hall–Kier alpha value is -2.88. The molecule has 0 radical (unpaired) electrons. The summed E-state index contributed by atoms with van der Waals surface area (Å²) in [6.45, 7) is 25.5. The molecule has 1 aromatic heterocycles. The third-order valence-electron chi connectivity index (χ3n) is 7.60. The minimum Gasteiger partial charge on any atom is -0.316 e. The fraction of sp³-hybridized carbons (Fsp3) is 0.515. The predicted octanol–water partition coefficient (Wildman–Crippen LogP) is 9.63. The summed E-state index contributed by atoms with van der Waals surface area (Å²) in [5.74, 6) is 2.52. The van der Waals surface area contributed by atoms with Crippen LogP contribution in [0.15, 0.2) is 48.7 Å². The second-order valence-corrected chi connectivity index (χ2v) is 12.9. The first-order valence-corrected chi connectivity index (χ1v) is 14.0. The number of benzene rings is 2. The van der Waals surface area contributed by atoms with E-state index in [0.717, 1.165) is 11.5 Å². The maximum atomic E-state index is 4.84. The average Bonchev–Trinajstić information content (AvgIpc) is 3.18. The van der Waals surface area contributed by atoms with E-state index in [-0.39, 0.29) is 11.6 Å². The lowest BCUT2D eigenvalue weighted by Gasteiger charge is -2.44. The Bertz CT molecular complexity index is 1110. The molecule has 0 fully saturated rings. The van der Waals surface area contributed by atoms with Crippen LogP contribution in [0.1, 0.15) is 122 Å². The molecule has 2 heterocycles. The van der Waals surface area contributed by atoms with Crippen molar-refractivity contribution < 1.29 is 0 Å². The number of hydrogen-bond acceptors (Lipinski definition) is 4. The summed E-state index contributed by atoms with van der Waals surface area (Å²) in [7, 11) is 0. The first-order chi connectivity index (χ1) is 17.4. The van der Waals surface area contributed by atoms with Gasteiger partial charge in [0.25, 0.3) is 0 Å². The van der Waals surface area contributed by atoms with Gasteiger partial charge < -0.3 is 9.80 Å². The van der Waals surface area contributed by atoms with Crippen LogP contribution in [0.3, 0.4) is 0 Å². The van der Waals surface area contributed by atoms with Crippen molar-refractivity contribution in [1.29, 1.82) is 0 Å². The number of hydrogen-bond donors (Lipinski definition) is 0. The largest absolute Gasteiger partial charge is 0.316 e. The van der Waals surface area contributed by atoms with Crippen LogP contribution >= 0.6 is 0 Å². The number of nitrogens with zero attached hydrogens (tertiary/aromatic N) is 4. The van der Waals surface area contributed by atoms with E-state index in [1.54, 1.807) is 0 Å². The zero-order valence-electron chi connectivity index (χ0n) is 24.8. The zero-order chi connectivity index (χ0) is 27.2. The molecule has 0 spiro atoms. The van der Waals surface area contributed by atoms with Crippen molar-refractivity contribution in [1.82, 2.24) is 10.2 Å². The summed E-state index contributed by atoms with van der Waals surface area (Å²) in [4.78, 5) is 5.12. The molecule has 4 heteroatoms. The maximum absolute atomic E-state index is 4.84. The number of rotatable bonds is 6. The van der Waals surface area contributed by atoms with E-state index in [9.17, 15) is 0 Å². The van der Waals surface area contributed by atoms with Gasteiger partial charge in [0.2, 0.25) is 0 Å². The molecule has 2 aromatic carbocycles. The Balaban J connectivity index is 2.13. The van der Waals surface area contributed by atoms with Gasteiger partial charge in [0.05, 0.1) is 23.3 Å². The molecule has 1 aliphatic heterocycles. The van der Waals surface area contributed by atoms with Gasteiger partial charge in [-0.25, -0.2) is 0 Å². The molecule has 0 saturated heterocycles. The fourth-order valence-electron chi connectivity index (χ4n) is 5.87. The number of fused-ring (bicyclic) bond motifs is 1. The summed E-state index contributed by atoms with van der Waals surface area (Å²) >= 11 is 0. The molecule has 0 N–H and O–H groups in total. The molecule has 0 aliphatic carbocycles. The minimum atomic E-state index is -0.0859. The Kier molecular flexibility index (Phi) is 7.43. The third-order valence-corrected chi connectivity index (χ3v) is 7.60. The normalized spacial score (nSPS) is 16.0. The monoisotopic (exact) mass is 498 g/mol. The average molecular weight is 499 g/mol. The van der Waals surface area contributed by atoms with E-state index in [1.807, 2.05) is 6.20 Å². The lowest BCUT2D eigenvalue weighted by Crippen LogP contribution is -2.49. The molecule has 4 nitrogen and oxygen atoms in total. The van der Waals surface area contributed by atoms with Crippen molar-refractivity contribution in [2.24, 2.45) is 5.41 Å². The highest BCUT2D eigenvalue weighted by molar-refractivity contribution is 5.89. The standard InChI is InChI=1S/C33H46N4/c1-20(2)24-14-12-15-25(21(3)4)29(24)36-28-18-19-34-35-31(28)37(32(36)33(9,10)11)30-26(22(5)6)16-13-17-27(30)23(7)8/h12-23,32H,1-11H3. The molecular weight excluding hydrogens is 452 g/mol. The second kappa shape index (κ2) is 10.1. The van der Waals surface area contributed by atoms with Crippen LogP contribution in [0.2, 0.25) is 0 Å². The van der Waals surface area contributed by atoms with Crippen LogP contribution in [-0.2, 0) is 0 Å². The molecule has 0 saturated carbocycles. The Morgan fingerprint density at radius 2 is 1.03 bits per heavy atom. The Morgan fingerprint density at radius 1 is 0.622 bits per heavy atom. The van der Waals surface area contributed by atoms with Crippen LogP contribution in [-0.4, -0.2) is 16.4 Å². The van der Waals surface area contributed by atoms with Gasteiger partial charge in [0.15, 0.2) is 5.82 Å². The predicted molar refractivity (Wildman–Crippen MR) is 159 cm³/mol. The lowest BCUT2D eigenvalue weighted by atomic mass is 9.86. The van der Waals surface area contributed by atoms with E-state index in [2.05, 4.69) is 134 Å². The second-order valence-electron chi connectivity index (χ2n) is 12.9. The molecule has 1 atom stereocenters. The highest BCUT2D eigenvalue weighted by Gasteiger charge is 2.48. The molecule has 1 unspecified atom stereocenters. The van der Waals surface area contributed by atoms with Gasteiger partial charge in [-0.1, -0.05) is 113 Å². The van der Waals surface area contributed by atoms with Crippen molar-refractivity contribution in [2.45, 2.75) is 106 Å². The molecule has 37 heavy (non-hydrogen) atoms. The molecule has 0 amide bonds. The molecule has 198 valence electrons. The Morgan fingerprint density at radius 3 is 1.41 bits per heavy atom. The lowest BCUT2D eigenvalue weighted by molar-refractivity contribution is 0.327. The number of para-hydroxylation sites is 2. The molecular formula is C33H46N4. The fourth-order valence-corrected chi connectivity index (χ4v) is 5.87. The van der Waals surface area contributed by atoms with Crippen molar-refractivity contribution in [2.75, 3.05) is 9.80 Å². The first kappa shape index (κ1) is 27.2. The highest BCUT2D eigenvalue weighted by Crippen LogP contribution is 2.55. The topological polar surface area (TPSA) is 32.3 Å². The maximum Gasteiger partial charge on any atom is 0.181 e. The van der Waals surface area contributed by atoms with Crippen LogP contribution in [0.4, 0.5) is 22.9 Å². The van der Waals surface area contributed by atoms with E-state index in [1.165, 1.54) is 33.6 Å². The molecule has 3 aromatic rings. The van der Waals surface area contributed by atoms with Crippen molar-refractivity contribution >= 4 is 22.9 Å². The molecule has 4 rings (SSSR count). The van der Waals surface area contributed by atoms with Gasteiger partial charge in [-0.2, -0.15) is 5.10 Å². The summed E-state index contributed by atoms with van der Waals surface area (Å²) in [5.41, 5.74) is 9.16.